The van der Waals surface area contributed by atoms with Crippen LogP contribution in [0.3, 0.4) is 0 Å². The van der Waals surface area contributed by atoms with E-state index in [0.717, 1.165) is 38.7 Å². The van der Waals surface area contributed by atoms with Crippen molar-refractivity contribution in [2.45, 2.75) is 64.5 Å². The molecule has 0 spiro atoms. The Morgan fingerprint density at radius 1 is 1.00 bits per heavy atom. The third kappa shape index (κ3) is 10.2. The lowest BCUT2D eigenvalue weighted by molar-refractivity contribution is -0.137. The monoisotopic (exact) mass is 453 g/mol. The molecule has 0 bridgehead atoms. The molecule has 2 heterocycles. The lowest BCUT2D eigenvalue weighted by Gasteiger charge is -2.26. The minimum absolute atomic E-state index is 0.209. The molecule has 3 rings (SSSR count). The Balaban J connectivity index is 0.000000336. The van der Waals surface area contributed by atoms with Gasteiger partial charge in [-0.3, -0.25) is 9.69 Å². The fourth-order valence-electron chi connectivity index (χ4n) is 4.29. The number of amides is 1. The summed E-state index contributed by atoms with van der Waals surface area (Å²) in [6.45, 7) is 11.7. The smallest absolute Gasteiger partial charge is 0.326 e. The molecule has 0 aromatic heterocycles. The van der Waals surface area contributed by atoms with E-state index in [1.165, 1.54) is 64.6 Å². The topological polar surface area (TPSA) is 35.6 Å². The highest BCUT2D eigenvalue weighted by molar-refractivity contribution is 5.88. The van der Waals surface area contributed by atoms with E-state index in [1.54, 1.807) is 6.07 Å². The van der Waals surface area contributed by atoms with Gasteiger partial charge in [0.1, 0.15) is 0 Å². The van der Waals surface area contributed by atoms with Gasteiger partial charge in [-0.1, -0.05) is 18.9 Å². The molecule has 1 N–H and O–H groups in total. The van der Waals surface area contributed by atoms with E-state index >= 15 is 0 Å². The van der Waals surface area contributed by atoms with Crippen LogP contribution < -0.4 is 5.32 Å². The van der Waals surface area contributed by atoms with Crippen LogP contribution in [0.5, 0.6) is 0 Å². The molecule has 2 fully saturated rings. The van der Waals surface area contributed by atoms with Crippen molar-refractivity contribution in [1.29, 1.82) is 0 Å². The standard InChI is InChI=1S/C17H23F3N2O.C8H15N/c1-13(23)21-16-11-14(10-15(12-16)17(18,19)20)6-5-9-22-7-3-2-4-8-22;1-2-6-9-7-4-3-5-8-9/h10-12H,2-9H2,1H3,(H,21,23);2H,1,3-8H2. The molecule has 0 unspecified atom stereocenters. The number of hydrogen-bond donors (Lipinski definition) is 1. The molecule has 1 amide bonds. The van der Waals surface area contributed by atoms with Crippen LogP contribution in [-0.4, -0.2) is 55.0 Å². The van der Waals surface area contributed by atoms with Crippen molar-refractivity contribution in [1.82, 2.24) is 9.80 Å². The predicted octanol–water partition coefficient (Wildman–Crippen LogP) is 5.74. The Labute approximate surface area is 190 Å². The minimum atomic E-state index is -4.41. The fourth-order valence-corrected chi connectivity index (χ4v) is 4.29. The first kappa shape index (κ1) is 26.4. The average molecular weight is 454 g/mol. The van der Waals surface area contributed by atoms with Crippen molar-refractivity contribution in [3.05, 3.63) is 42.0 Å². The first-order valence-corrected chi connectivity index (χ1v) is 11.8. The number of rotatable bonds is 7. The van der Waals surface area contributed by atoms with Crippen LogP contribution in [-0.2, 0) is 17.4 Å². The van der Waals surface area contributed by atoms with Crippen molar-refractivity contribution in [2.24, 2.45) is 0 Å². The summed E-state index contributed by atoms with van der Waals surface area (Å²) in [5, 5.41) is 2.45. The number of aryl methyl sites for hydroxylation is 1. The Morgan fingerprint density at radius 2 is 1.59 bits per heavy atom. The Kier molecular flexibility index (Phi) is 11.2. The van der Waals surface area contributed by atoms with Crippen LogP contribution in [0.4, 0.5) is 18.9 Å². The van der Waals surface area contributed by atoms with Crippen LogP contribution in [0.15, 0.2) is 30.9 Å². The summed E-state index contributed by atoms with van der Waals surface area (Å²) in [5.74, 6) is -0.372. The number of benzene rings is 1. The molecule has 180 valence electrons. The van der Waals surface area contributed by atoms with Crippen LogP contribution in [0.1, 0.15) is 63.0 Å². The summed E-state index contributed by atoms with van der Waals surface area (Å²) < 4.78 is 38.9. The first-order valence-electron chi connectivity index (χ1n) is 11.8. The van der Waals surface area contributed by atoms with Gasteiger partial charge in [0.2, 0.25) is 5.91 Å². The molecular formula is C25H38F3N3O. The normalized spacial score (nSPS) is 17.9. The lowest BCUT2D eigenvalue weighted by atomic mass is 10.0. The van der Waals surface area contributed by atoms with Gasteiger partial charge in [0.05, 0.1) is 5.56 Å². The SMILES string of the molecule is C=CCN1CCCCC1.CC(=O)Nc1cc(CCCN2CCCCC2)cc(C(F)(F)F)c1. The molecular weight excluding hydrogens is 415 g/mol. The van der Waals surface area contributed by atoms with E-state index in [4.69, 9.17) is 0 Å². The Bertz CT molecular complexity index is 709. The molecule has 7 heteroatoms. The van der Waals surface area contributed by atoms with Gasteiger partial charge in [0.25, 0.3) is 0 Å². The molecule has 2 aliphatic heterocycles. The Hall–Kier alpha value is -1.86. The molecule has 4 nitrogen and oxygen atoms in total. The van der Waals surface area contributed by atoms with Crippen molar-refractivity contribution in [2.75, 3.05) is 44.6 Å². The molecule has 32 heavy (non-hydrogen) atoms. The number of piperidine rings is 2. The second-order valence-corrected chi connectivity index (χ2v) is 8.75. The third-order valence-electron chi connectivity index (χ3n) is 5.86. The summed E-state index contributed by atoms with van der Waals surface area (Å²) in [7, 11) is 0. The number of halogens is 3. The zero-order valence-electron chi connectivity index (χ0n) is 19.4. The van der Waals surface area contributed by atoms with Gasteiger partial charge < -0.3 is 10.2 Å². The van der Waals surface area contributed by atoms with E-state index in [9.17, 15) is 18.0 Å². The number of alkyl halides is 3. The number of carbonyl (C=O) groups excluding carboxylic acids is 1. The van der Waals surface area contributed by atoms with E-state index in [2.05, 4.69) is 21.7 Å². The highest BCUT2D eigenvalue weighted by atomic mass is 19.4. The van der Waals surface area contributed by atoms with Crippen LogP contribution >= 0.6 is 0 Å². The van der Waals surface area contributed by atoms with Crippen molar-refractivity contribution in [3.8, 4) is 0 Å². The van der Waals surface area contributed by atoms with Crippen LogP contribution in [0, 0.1) is 0 Å². The van der Waals surface area contributed by atoms with E-state index in [-0.39, 0.29) is 11.6 Å². The number of likely N-dealkylation sites (tertiary alicyclic amines) is 2. The summed E-state index contributed by atoms with van der Waals surface area (Å²) >= 11 is 0. The largest absolute Gasteiger partial charge is 0.416 e. The van der Waals surface area contributed by atoms with E-state index in [0.29, 0.717) is 12.0 Å². The second-order valence-electron chi connectivity index (χ2n) is 8.75. The zero-order chi connectivity index (χ0) is 23.4. The number of anilines is 1. The summed E-state index contributed by atoms with van der Waals surface area (Å²) in [5.41, 5.74) is 0.109. The second kappa shape index (κ2) is 13.6. The first-order chi connectivity index (χ1) is 15.3. The number of nitrogens with one attached hydrogen (secondary N) is 1. The molecule has 1 aromatic rings. The zero-order valence-corrected chi connectivity index (χ0v) is 19.4. The molecule has 0 aliphatic carbocycles. The van der Waals surface area contributed by atoms with E-state index < -0.39 is 11.7 Å². The maximum absolute atomic E-state index is 13.0. The highest BCUT2D eigenvalue weighted by Crippen LogP contribution is 2.32. The maximum atomic E-state index is 13.0. The van der Waals surface area contributed by atoms with Gasteiger partial charge in [-0.15, -0.1) is 6.58 Å². The predicted molar refractivity (Wildman–Crippen MR) is 125 cm³/mol. The number of nitrogens with zero attached hydrogens (tertiary/aromatic N) is 2. The average Bonchev–Trinajstić information content (AvgIpc) is 2.75. The van der Waals surface area contributed by atoms with Crippen LogP contribution in [0.25, 0.3) is 0 Å². The van der Waals surface area contributed by atoms with Gasteiger partial charge in [-0.25, -0.2) is 0 Å². The van der Waals surface area contributed by atoms with Gasteiger partial charge in [0.15, 0.2) is 0 Å². The molecule has 2 saturated heterocycles. The highest BCUT2D eigenvalue weighted by Gasteiger charge is 2.31. The third-order valence-corrected chi connectivity index (χ3v) is 5.86. The molecule has 0 atom stereocenters. The Morgan fingerprint density at radius 3 is 2.12 bits per heavy atom. The number of hydrogen-bond acceptors (Lipinski definition) is 3. The van der Waals surface area contributed by atoms with Gasteiger partial charge >= 0.3 is 6.18 Å². The lowest BCUT2D eigenvalue weighted by Crippen LogP contribution is -2.30. The van der Waals surface area contributed by atoms with Crippen LogP contribution in [0.2, 0.25) is 0 Å². The molecule has 1 aromatic carbocycles. The summed E-state index contributed by atoms with van der Waals surface area (Å²) in [6.07, 6.45) is 6.85. The maximum Gasteiger partial charge on any atom is 0.416 e. The van der Waals surface area contributed by atoms with Crippen molar-refractivity contribution < 1.29 is 18.0 Å². The molecule has 0 radical (unpaired) electrons. The molecule has 2 aliphatic rings. The fraction of sp³-hybridized carbons (Fsp3) is 0.640. The van der Waals surface area contributed by atoms with Gasteiger partial charge in [-0.2, -0.15) is 13.2 Å². The summed E-state index contributed by atoms with van der Waals surface area (Å²) in [6, 6.07) is 3.80. The number of carbonyl (C=O) groups is 1. The van der Waals surface area contributed by atoms with Crippen molar-refractivity contribution >= 4 is 11.6 Å². The minimum Gasteiger partial charge on any atom is -0.326 e. The molecule has 0 saturated carbocycles. The van der Waals surface area contributed by atoms with Crippen molar-refractivity contribution in [3.63, 3.8) is 0 Å². The quantitative estimate of drug-likeness (QED) is 0.535. The van der Waals surface area contributed by atoms with E-state index in [1.807, 2.05) is 6.08 Å². The van der Waals surface area contributed by atoms with Gasteiger partial charge in [0, 0.05) is 19.2 Å². The van der Waals surface area contributed by atoms with Gasteiger partial charge in [-0.05, 0) is 95.0 Å². The summed E-state index contributed by atoms with van der Waals surface area (Å²) in [4.78, 5) is 15.9.